The van der Waals surface area contributed by atoms with Crippen LogP contribution in [0.2, 0.25) is 0 Å². The molecule has 1 atom stereocenters. The Bertz CT molecular complexity index is 648. The molecule has 0 saturated heterocycles. The topological polar surface area (TPSA) is 102 Å². The lowest BCUT2D eigenvalue weighted by atomic mass is 10.2. The number of non-ortho nitro benzene ring substituents is 1. The molecule has 104 valence electrons. The standard InChI is InChI=1S/C12H10N2O5S/c15-14(16)9-6-7-11(13-20(17)18)12(8-9)19-10-4-2-1-3-5-10/h1-8,13H,(H,17,18). The second-order valence-corrected chi connectivity index (χ2v) is 4.41. The molecule has 0 aromatic heterocycles. The van der Waals surface area contributed by atoms with Crippen LogP contribution < -0.4 is 9.46 Å². The number of benzene rings is 2. The van der Waals surface area contributed by atoms with Gasteiger partial charge in [-0.1, -0.05) is 18.2 Å². The van der Waals surface area contributed by atoms with Crippen LogP contribution >= 0.6 is 0 Å². The minimum absolute atomic E-state index is 0.0906. The maximum atomic E-state index is 10.8. The summed E-state index contributed by atoms with van der Waals surface area (Å²) in [5.41, 5.74) is 0.00508. The molecule has 2 aromatic carbocycles. The summed E-state index contributed by atoms with van der Waals surface area (Å²) in [5.74, 6) is 0.549. The molecule has 0 radical (unpaired) electrons. The number of nitro benzene ring substituents is 1. The number of anilines is 1. The average Bonchev–Trinajstić information content (AvgIpc) is 2.41. The van der Waals surface area contributed by atoms with Gasteiger partial charge in [0, 0.05) is 6.07 Å². The van der Waals surface area contributed by atoms with Crippen molar-refractivity contribution in [2.24, 2.45) is 0 Å². The molecule has 0 spiro atoms. The number of nitrogens with one attached hydrogen (secondary N) is 1. The molecule has 0 aliphatic carbocycles. The lowest BCUT2D eigenvalue weighted by molar-refractivity contribution is -0.384. The van der Waals surface area contributed by atoms with Gasteiger partial charge in [-0.05, 0) is 18.2 Å². The monoisotopic (exact) mass is 294 g/mol. The van der Waals surface area contributed by atoms with Crippen molar-refractivity contribution in [1.82, 2.24) is 0 Å². The first-order valence-electron chi connectivity index (χ1n) is 5.45. The Labute approximate surface area is 116 Å². The van der Waals surface area contributed by atoms with E-state index in [1.54, 1.807) is 30.3 Å². The van der Waals surface area contributed by atoms with Crippen LogP contribution in [0, 0.1) is 10.1 Å². The summed E-state index contributed by atoms with van der Waals surface area (Å²) < 4.78 is 27.4. The molecule has 2 N–H and O–H groups in total. The molecule has 20 heavy (non-hydrogen) atoms. The number of para-hydroxylation sites is 1. The fourth-order valence-electron chi connectivity index (χ4n) is 1.50. The SMILES string of the molecule is O=[N+]([O-])c1ccc(NS(=O)O)c(Oc2ccccc2)c1. The summed E-state index contributed by atoms with van der Waals surface area (Å²) in [5, 5.41) is 10.8. The first kappa shape index (κ1) is 14.0. The van der Waals surface area contributed by atoms with E-state index in [0.29, 0.717) is 5.75 Å². The van der Waals surface area contributed by atoms with Gasteiger partial charge in [0.05, 0.1) is 16.7 Å². The van der Waals surface area contributed by atoms with Gasteiger partial charge in [0.15, 0.2) is 5.75 Å². The number of ether oxygens (including phenoxy) is 1. The van der Waals surface area contributed by atoms with E-state index >= 15 is 0 Å². The molecule has 0 fully saturated rings. The predicted molar refractivity (Wildman–Crippen MR) is 74.0 cm³/mol. The van der Waals surface area contributed by atoms with Crippen molar-refractivity contribution in [1.29, 1.82) is 0 Å². The Morgan fingerprint density at radius 2 is 1.90 bits per heavy atom. The number of nitrogens with zero attached hydrogens (tertiary/aromatic N) is 1. The second kappa shape index (κ2) is 6.13. The predicted octanol–water partition coefficient (Wildman–Crippen LogP) is 2.94. The molecule has 0 heterocycles. The van der Waals surface area contributed by atoms with Gasteiger partial charge in [0.2, 0.25) is 0 Å². The van der Waals surface area contributed by atoms with E-state index in [2.05, 4.69) is 4.72 Å². The molecule has 0 saturated carbocycles. The van der Waals surface area contributed by atoms with Gasteiger partial charge in [-0.2, -0.15) is 0 Å². The first-order chi connectivity index (χ1) is 9.56. The number of hydrogen-bond donors (Lipinski definition) is 2. The van der Waals surface area contributed by atoms with Crippen LogP contribution in [0.1, 0.15) is 0 Å². The van der Waals surface area contributed by atoms with Crippen molar-refractivity contribution in [2.45, 2.75) is 0 Å². The van der Waals surface area contributed by atoms with Gasteiger partial charge in [-0.15, -0.1) is 0 Å². The molecule has 1 unspecified atom stereocenters. The van der Waals surface area contributed by atoms with E-state index in [9.17, 15) is 14.3 Å². The first-order valence-corrected chi connectivity index (χ1v) is 6.56. The van der Waals surface area contributed by atoms with E-state index in [1.165, 1.54) is 18.2 Å². The van der Waals surface area contributed by atoms with Crippen molar-refractivity contribution in [2.75, 3.05) is 4.72 Å². The van der Waals surface area contributed by atoms with Gasteiger partial charge in [0.25, 0.3) is 17.0 Å². The molecular weight excluding hydrogens is 284 g/mol. The van der Waals surface area contributed by atoms with Crippen LogP contribution in [-0.2, 0) is 11.3 Å². The maximum Gasteiger partial charge on any atom is 0.273 e. The molecule has 2 aromatic rings. The number of nitro groups is 1. The Kier molecular flexibility index (Phi) is 4.28. The largest absolute Gasteiger partial charge is 0.455 e. The van der Waals surface area contributed by atoms with E-state index in [1.807, 2.05) is 0 Å². The van der Waals surface area contributed by atoms with Crippen molar-refractivity contribution in [3.63, 3.8) is 0 Å². The molecule has 0 aliphatic heterocycles. The van der Waals surface area contributed by atoms with Gasteiger partial charge in [-0.25, -0.2) is 4.21 Å². The van der Waals surface area contributed by atoms with Crippen LogP contribution in [0.3, 0.4) is 0 Å². The van der Waals surface area contributed by atoms with Crippen LogP contribution in [0.25, 0.3) is 0 Å². The fourth-order valence-corrected chi connectivity index (χ4v) is 1.86. The van der Waals surface area contributed by atoms with E-state index in [-0.39, 0.29) is 17.1 Å². The molecule has 8 heteroatoms. The lowest BCUT2D eigenvalue weighted by Gasteiger charge is -2.10. The molecule has 0 bridgehead atoms. The zero-order valence-electron chi connectivity index (χ0n) is 10.1. The highest BCUT2D eigenvalue weighted by Gasteiger charge is 2.13. The summed E-state index contributed by atoms with van der Waals surface area (Å²) in [7, 11) is 0. The summed E-state index contributed by atoms with van der Waals surface area (Å²) in [6.45, 7) is 0. The zero-order valence-corrected chi connectivity index (χ0v) is 10.9. The fraction of sp³-hybridized carbons (Fsp3) is 0. The third-order valence-corrected chi connectivity index (χ3v) is 2.74. The van der Waals surface area contributed by atoms with Crippen molar-refractivity contribution >= 4 is 22.6 Å². The van der Waals surface area contributed by atoms with Crippen LogP contribution in [0.4, 0.5) is 11.4 Å². The quantitative estimate of drug-likeness (QED) is 0.501. The average molecular weight is 294 g/mol. The molecule has 7 nitrogen and oxygen atoms in total. The van der Waals surface area contributed by atoms with E-state index in [0.717, 1.165) is 0 Å². The van der Waals surface area contributed by atoms with Gasteiger partial charge in [0.1, 0.15) is 5.75 Å². The number of hydrogen-bond acceptors (Lipinski definition) is 4. The third-order valence-electron chi connectivity index (χ3n) is 2.34. The minimum atomic E-state index is -2.30. The van der Waals surface area contributed by atoms with Gasteiger partial charge >= 0.3 is 0 Å². The van der Waals surface area contributed by atoms with Crippen LogP contribution in [-0.4, -0.2) is 13.7 Å². The van der Waals surface area contributed by atoms with Crippen molar-refractivity contribution in [3.05, 3.63) is 58.6 Å². The third kappa shape index (κ3) is 3.53. The minimum Gasteiger partial charge on any atom is -0.455 e. The summed E-state index contributed by atoms with van der Waals surface area (Å²) in [6.07, 6.45) is 0. The smallest absolute Gasteiger partial charge is 0.273 e. The summed E-state index contributed by atoms with van der Waals surface area (Å²) in [6, 6.07) is 12.3. The second-order valence-electron chi connectivity index (χ2n) is 3.70. The molecule has 0 amide bonds. The summed E-state index contributed by atoms with van der Waals surface area (Å²) in [4.78, 5) is 10.2. The molecule has 0 aliphatic rings. The Balaban J connectivity index is 2.38. The maximum absolute atomic E-state index is 10.8. The lowest BCUT2D eigenvalue weighted by Crippen LogP contribution is -2.03. The zero-order chi connectivity index (χ0) is 14.5. The van der Waals surface area contributed by atoms with Crippen molar-refractivity contribution in [3.8, 4) is 11.5 Å². The Morgan fingerprint density at radius 1 is 1.20 bits per heavy atom. The van der Waals surface area contributed by atoms with Crippen LogP contribution in [0.5, 0.6) is 11.5 Å². The van der Waals surface area contributed by atoms with Gasteiger partial charge < -0.3 is 4.74 Å². The highest BCUT2D eigenvalue weighted by Crippen LogP contribution is 2.33. The van der Waals surface area contributed by atoms with E-state index in [4.69, 9.17) is 9.29 Å². The highest BCUT2D eigenvalue weighted by molar-refractivity contribution is 7.80. The highest BCUT2D eigenvalue weighted by atomic mass is 32.2. The number of rotatable bonds is 5. The molecular formula is C12H10N2O5S. The molecule has 2 rings (SSSR count). The summed E-state index contributed by atoms with van der Waals surface area (Å²) >= 11 is -2.30. The van der Waals surface area contributed by atoms with E-state index < -0.39 is 16.2 Å². The normalized spacial score (nSPS) is 11.7. The Morgan fingerprint density at radius 3 is 2.50 bits per heavy atom. The van der Waals surface area contributed by atoms with Crippen molar-refractivity contribution < 1.29 is 18.4 Å². The van der Waals surface area contributed by atoms with Gasteiger partial charge in [-0.3, -0.25) is 19.4 Å². The Hall–Kier alpha value is -2.45. The van der Waals surface area contributed by atoms with Crippen LogP contribution in [0.15, 0.2) is 48.5 Å².